The van der Waals surface area contributed by atoms with Crippen molar-refractivity contribution in [1.29, 1.82) is 0 Å². The van der Waals surface area contributed by atoms with Crippen molar-refractivity contribution in [2.45, 2.75) is 6.54 Å². The number of amides is 1. The molecule has 3 rings (SSSR count). The van der Waals surface area contributed by atoms with E-state index in [1.165, 1.54) is 31.4 Å². The van der Waals surface area contributed by atoms with E-state index in [4.69, 9.17) is 4.84 Å². The maximum absolute atomic E-state index is 13.4. The van der Waals surface area contributed by atoms with Gasteiger partial charge < -0.3 is 10.2 Å². The summed E-state index contributed by atoms with van der Waals surface area (Å²) in [5.41, 5.74) is 0.417. The third-order valence-electron chi connectivity index (χ3n) is 3.65. The average molecular weight is 326 g/mol. The fourth-order valence-electron chi connectivity index (χ4n) is 2.48. The fraction of sp³-hybridized carbons (Fsp3) is 0.111. The van der Waals surface area contributed by atoms with Crippen LogP contribution in [-0.4, -0.2) is 17.7 Å². The van der Waals surface area contributed by atoms with Crippen molar-refractivity contribution >= 4 is 16.7 Å². The summed E-state index contributed by atoms with van der Waals surface area (Å²) in [6.07, 6.45) is 0. The Morgan fingerprint density at radius 2 is 1.92 bits per heavy atom. The molecule has 0 aliphatic heterocycles. The van der Waals surface area contributed by atoms with E-state index in [0.29, 0.717) is 11.9 Å². The van der Waals surface area contributed by atoms with Gasteiger partial charge in [0, 0.05) is 6.54 Å². The minimum Gasteiger partial charge on any atom is -0.413 e. The molecule has 1 amide bonds. The molecular weight excluding hydrogens is 311 g/mol. The van der Waals surface area contributed by atoms with Gasteiger partial charge in [-0.05, 0) is 35.2 Å². The predicted molar refractivity (Wildman–Crippen MR) is 88.3 cm³/mol. The first-order chi connectivity index (χ1) is 11.6. The van der Waals surface area contributed by atoms with Gasteiger partial charge in [0.2, 0.25) is 0 Å². The molecule has 1 heterocycles. The lowest BCUT2D eigenvalue weighted by atomic mass is 10.1. The lowest BCUT2D eigenvalue weighted by Gasteiger charge is -2.12. The van der Waals surface area contributed by atoms with Gasteiger partial charge in [0.05, 0.1) is 5.39 Å². The molecule has 0 aliphatic carbocycles. The van der Waals surface area contributed by atoms with Crippen molar-refractivity contribution in [1.82, 2.24) is 10.0 Å². The number of halogens is 1. The molecule has 3 aromatic rings. The summed E-state index contributed by atoms with van der Waals surface area (Å²) in [6.45, 7) is 0.304. The van der Waals surface area contributed by atoms with Crippen LogP contribution in [0.4, 0.5) is 4.39 Å². The SMILES string of the molecule is COn1c(C(=O)NCc2ccccc2)cc2cc(F)ccc2c1=O. The zero-order valence-corrected chi connectivity index (χ0v) is 13.0. The summed E-state index contributed by atoms with van der Waals surface area (Å²) in [6, 6.07) is 14.6. The van der Waals surface area contributed by atoms with Gasteiger partial charge in [-0.3, -0.25) is 9.59 Å². The number of benzene rings is 2. The summed E-state index contributed by atoms with van der Waals surface area (Å²) in [5, 5.41) is 3.35. The number of nitrogens with one attached hydrogen (secondary N) is 1. The van der Waals surface area contributed by atoms with Gasteiger partial charge in [0.1, 0.15) is 18.6 Å². The van der Waals surface area contributed by atoms with Crippen molar-refractivity contribution in [2.24, 2.45) is 0 Å². The number of hydrogen-bond donors (Lipinski definition) is 1. The number of nitrogens with zero attached hydrogens (tertiary/aromatic N) is 1. The topological polar surface area (TPSA) is 60.3 Å². The van der Waals surface area contributed by atoms with Crippen molar-refractivity contribution in [2.75, 3.05) is 7.11 Å². The molecule has 0 unspecified atom stereocenters. The number of hydrogen-bond acceptors (Lipinski definition) is 3. The van der Waals surface area contributed by atoms with Gasteiger partial charge in [-0.25, -0.2) is 4.39 Å². The molecule has 24 heavy (non-hydrogen) atoms. The molecule has 1 N–H and O–H groups in total. The van der Waals surface area contributed by atoms with Crippen molar-refractivity contribution in [3.8, 4) is 0 Å². The number of carbonyl (C=O) groups is 1. The largest absolute Gasteiger partial charge is 0.413 e. The molecule has 0 aliphatic rings. The lowest BCUT2D eigenvalue weighted by Crippen LogP contribution is -2.34. The Morgan fingerprint density at radius 1 is 1.17 bits per heavy atom. The molecule has 0 saturated carbocycles. The van der Waals surface area contributed by atoms with Crippen LogP contribution in [0.15, 0.2) is 59.4 Å². The molecule has 2 aromatic carbocycles. The van der Waals surface area contributed by atoms with Crippen LogP contribution in [0, 0.1) is 5.82 Å². The third kappa shape index (κ3) is 2.99. The van der Waals surface area contributed by atoms with E-state index in [1.54, 1.807) is 0 Å². The minimum atomic E-state index is -0.514. The van der Waals surface area contributed by atoms with Crippen LogP contribution >= 0.6 is 0 Å². The van der Waals surface area contributed by atoms with Crippen molar-refractivity contribution in [3.63, 3.8) is 0 Å². The van der Waals surface area contributed by atoms with Crippen LogP contribution in [-0.2, 0) is 6.54 Å². The quantitative estimate of drug-likeness (QED) is 0.799. The Bertz CT molecular complexity index is 952. The summed E-state index contributed by atoms with van der Waals surface area (Å²) in [4.78, 5) is 29.9. The smallest absolute Gasteiger partial charge is 0.291 e. The molecule has 0 saturated heterocycles. The van der Waals surface area contributed by atoms with Crippen molar-refractivity contribution in [3.05, 3.63) is 82.0 Å². The van der Waals surface area contributed by atoms with Gasteiger partial charge in [-0.2, -0.15) is 0 Å². The Morgan fingerprint density at radius 3 is 2.62 bits per heavy atom. The Kier molecular flexibility index (Phi) is 4.29. The highest BCUT2D eigenvalue weighted by Crippen LogP contribution is 2.14. The summed E-state index contributed by atoms with van der Waals surface area (Å²) in [7, 11) is 1.30. The number of aromatic nitrogens is 1. The highest BCUT2D eigenvalue weighted by atomic mass is 19.1. The number of carbonyl (C=O) groups excluding carboxylic acids is 1. The van der Waals surface area contributed by atoms with Gasteiger partial charge >= 0.3 is 0 Å². The van der Waals surface area contributed by atoms with E-state index in [-0.39, 0.29) is 11.1 Å². The van der Waals surface area contributed by atoms with Gasteiger partial charge in [-0.15, -0.1) is 4.73 Å². The maximum atomic E-state index is 13.4. The first-order valence-corrected chi connectivity index (χ1v) is 7.32. The first kappa shape index (κ1) is 15.7. The molecule has 0 bridgehead atoms. The monoisotopic (exact) mass is 326 g/mol. The van der Waals surface area contributed by atoms with Crippen LogP contribution in [0.5, 0.6) is 0 Å². The van der Waals surface area contributed by atoms with Gasteiger partial charge in [0.25, 0.3) is 11.5 Å². The Labute approximate surface area is 137 Å². The molecule has 0 fully saturated rings. The second-order valence-corrected chi connectivity index (χ2v) is 5.21. The molecule has 0 spiro atoms. The highest BCUT2D eigenvalue weighted by molar-refractivity contribution is 5.96. The summed E-state index contributed by atoms with van der Waals surface area (Å²) >= 11 is 0. The van der Waals surface area contributed by atoms with Crippen LogP contribution in [0.3, 0.4) is 0 Å². The van der Waals surface area contributed by atoms with E-state index in [1.807, 2.05) is 30.3 Å². The zero-order valence-electron chi connectivity index (χ0n) is 13.0. The maximum Gasteiger partial charge on any atom is 0.291 e. The molecular formula is C18H15FN2O3. The molecule has 0 atom stereocenters. The standard InChI is InChI=1S/C18H15FN2O3/c1-24-21-16(17(22)20-11-12-5-3-2-4-6-12)10-13-9-14(19)7-8-15(13)18(21)23/h2-10H,11H2,1H3,(H,20,22). The molecule has 1 aromatic heterocycles. The van der Waals surface area contributed by atoms with Crippen molar-refractivity contribution < 1.29 is 14.0 Å². The predicted octanol–water partition coefficient (Wildman–Crippen LogP) is 2.13. The summed E-state index contributed by atoms with van der Waals surface area (Å²) < 4.78 is 14.3. The zero-order chi connectivity index (χ0) is 17.1. The highest BCUT2D eigenvalue weighted by Gasteiger charge is 2.16. The second-order valence-electron chi connectivity index (χ2n) is 5.21. The first-order valence-electron chi connectivity index (χ1n) is 7.32. The molecule has 122 valence electrons. The van der Waals surface area contributed by atoms with Crippen LogP contribution in [0.25, 0.3) is 10.8 Å². The third-order valence-corrected chi connectivity index (χ3v) is 3.65. The van der Waals surface area contributed by atoms with E-state index >= 15 is 0 Å². The van der Waals surface area contributed by atoms with E-state index in [9.17, 15) is 14.0 Å². The van der Waals surface area contributed by atoms with Crippen LogP contribution in [0.1, 0.15) is 16.1 Å². The average Bonchev–Trinajstić information content (AvgIpc) is 2.60. The van der Waals surface area contributed by atoms with E-state index in [0.717, 1.165) is 10.3 Å². The Hall–Kier alpha value is -3.15. The van der Waals surface area contributed by atoms with E-state index in [2.05, 4.69) is 5.32 Å². The molecule has 0 radical (unpaired) electrons. The van der Waals surface area contributed by atoms with Gasteiger partial charge in [-0.1, -0.05) is 30.3 Å². The number of fused-ring (bicyclic) bond motifs is 1. The van der Waals surface area contributed by atoms with Gasteiger partial charge in [0.15, 0.2) is 0 Å². The van der Waals surface area contributed by atoms with Crippen LogP contribution < -0.4 is 15.7 Å². The molecule has 5 nitrogen and oxygen atoms in total. The number of rotatable bonds is 4. The Balaban J connectivity index is 1.98. The molecule has 6 heteroatoms. The lowest BCUT2D eigenvalue weighted by molar-refractivity contribution is 0.0882. The van der Waals surface area contributed by atoms with Crippen LogP contribution in [0.2, 0.25) is 0 Å². The fourth-order valence-corrected chi connectivity index (χ4v) is 2.48. The number of pyridine rings is 1. The van der Waals surface area contributed by atoms with E-state index < -0.39 is 17.3 Å². The minimum absolute atomic E-state index is 0.0107. The second kappa shape index (κ2) is 6.54. The normalized spacial score (nSPS) is 10.6. The summed E-state index contributed by atoms with van der Waals surface area (Å²) in [5.74, 6) is -0.961.